The van der Waals surface area contributed by atoms with E-state index < -0.39 is 11.9 Å². The zero-order valence-electron chi connectivity index (χ0n) is 31.6. The molecule has 11 atom stereocenters. The number of benzene rings is 2. The van der Waals surface area contributed by atoms with E-state index in [-0.39, 0.29) is 46.2 Å². The molecule has 53 heavy (non-hydrogen) atoms. The first kappa shape index (κ1) is 36.4. The third-order valence-electron chi connectivity index (χ3n) is 15.2. The molecule has 1 aliphatic heterocycles. The number of hydrogen-bond donors (Lipinski definition) is 3. The van der Waals surface area contributed by atoms with Gasteiger partial charge in [-0.25, -0.2) is 0 Å². The van der Waals surface area contributed by atoms with Crippen molar-refractivity contribution in [3.63, 3.8) is 0 Å². The van der Waals surface area contributed by atoms with Crippen LogP contribution < -0.4 is 10.7 Å². The molecule has 2 aromatic carbocycles. The second kappa shape index (κ2) is 14.3. The quantitative estimate of drug-likeness (QED) is 0.288. The van der Waals surface area contributed by atoms with Gasteiger partial charge in [0.15, 0.2) is 11.2 Å². The molecule has 8 rings (SSSR count). The summed E-state index contributed by atoms with van der Waals surface area (Å²) in [7, 11) is 0. The maximum Gasteiger partial charge on any atom is 0.287 e. The van der Waals surface area contributed by atoms with Crippen LogP contribution in [0, 0.1) is 40.4 Å². The van der Waals surface area contributed by atoms with Gasteiger partial charge in [0, 0.05) is 44.7 Å². The Kier molecular flexibility index (Phi) is 9.82. The molecule has 4 aliphatic carbocycles. The van der Waals surface area contributed by atoms with Crippen LogP contribution in [0.1, 0.15) is 88.3 Å². The van der Waals surface area contributed by atoms with Gasteiger partial charge < -0.3 is 24.8 Å². The number of hydrogen-bond acceptors (Lipinski definition) is 7. The molecule has 5 aliphatic rings. The van der Waals surface area contributed by atoms with Crippen molar-refractivity contribution in [3.8, 4) is 0 Å². The Balaban J connectivity index is 0.951. The fourth-order valence-electron chi connectivity index (χ4n) is 12.5. The van der Waals surface area contributed by atoms with Crippen molar-refractivity contribution in [1.29, 1.82) is 0 Å². The third kappa shape index (κ3) is 6.54. The van der Waals surface area contributed by atoms with E-state index in [0.717, 1.165) is 24.8 Å². The van der Waals surface area contributed by atoms with Gasteiger partial charge in [0.2, 0.25) is 5.91 Å². The fourth-order valence-corrected chi connectivity index (χ4v) is 12.5. The molecule has 284 valence electrons. The van der Waals surface area contributed by atoms with Crippen molar-refractivity contribution >= 4 is 22.8 Å². The molecule has 0 bridgehead atoms. The SMILES string of the molecule is C[C@@H](O)[C@H]1CC[C@H]2[C@@H]3CC[C@H]4C[C@H](O)[C@@H](N5CCN(C(=O)[C@@H](Cc6ccccc6)NC(=O)c6cc(=O)c7ccccc7o6)CC5)C[C@]4(C)[C@H]3CC[C@]12C. The Bertz CT molecular complexity index is 1870. The zero-order valence-corrected chi connectivity index (χ0v) is 31.6. The second-order valence-electron chi connectivity index (χ2n) is 17.7. The number of aliphatic hydroxyl groups excluding tert-OH is 2. The van der Waals surface area contributed by atoms with Crippen molar-refractivity contribution in [3.05, 3.63) is 82.2 Å². The average Bonchev–Trinajstić information content (AvgIpc) is 3.52. The van der Waals surface area contributed by atoms with Crippen LogP contribution in [-0.2, 0) is 11.2 Å². The van der Waals surface area contributed by atoms with Gasteiger partial charge in [-0.3, -0.25) is 19.3 Å². The monoisotopic (exact) mass is 723 g/mol. The number of para-hydroxylation sites is 1. The number of carbonyl (C=O) groups is 2. The Morgan fingerprint density at radius 2 is 1.64 bits per heavy atom. The van der Waals surface area contributed by atoms with Gasteiger partial charge in [0.1, 0.15) is 11.6 Å². The lowest BCUT2D eigenvalue weighted by Gasteiger charge is -2.63. The first-order valence-corrected chi connectivity index (χ1v) is 20.2. The molecule has 0 spiro atoms. The standard InChI is InChI=1S/C44H57N3O6/c1-27(48)32-15-16-33-30-14-13-29-24-38(50)36(26-44(29,3)34(30)17-18-43(32,33)2)46-19-21-47(22-20-46)42(52)35(23-28-9-5-4-6-10-28)45-41(51)40-25-37(49)31-11-7-8-12-39(31)53-40/h4-12,25,27,29-30,32-36,38,48,50H,13-24,26H2,1-3H3,(H,45,51)/t27-,29+,30+,32-,33+,34+,35-,36+,38+,43-,44+/m1/s1. The molecule has 1 aromatic heterocycles. The number of rotatable bonds is 7. The number of nitrogens with zero attached hydrogens (tertiary/aromatic N) is 2. The van der Waals surface area contributed by atoms with Crippen molar-refractivity contribution in [1.82, 2.24) is 15.1 Å². The average molecular weight is 724 g/mol. The van der Waals surface area contributed by atoms with Crippen molar-refractivity contribution in [2.45, 2.75) is 103 Å². The van der Waals surface area contributed by atoms with Gasteiger partial charge in [-0.15, -0.1) is 0 Å². The summed E-state index contributed by atoms with van der Waals surface area (Å²) in [6.45, 7) is 9.37. The van der Waals surface area contributed by atoms with Gasteiger partial charge in [0.05, 0.1) is 17.6 Å². The third-order valence-corrected chi connectivity index (χ3v) is 15.2. The molecular formula is C44H57N3O6. The van der Waals surface area contributed by atoms with Crippen LogP contribution in [-0.4, -0.2) is 82.3 Å². The summed E-state index contributed by atoms with van der Waals surface area (Å²) in [5.74, 6) is 2.09. The lowest BCUT2D eigenvalue weighted by Crippen LogP contribution is -2.63. The van der Waals surface area contributed by atoms with Crippen LogP contribution in [0.3, 0.4) is 0 Å². The Morgan fingerprint density at radius 3 is 2.40 bits per heavy atom. The van der Waals surface area contributed by atoms with E-state index in [2.05, 4.69) is 24.1 Å². The number of piperazine rings is 1. The summed E-state index contributed by atoms with van der Waals surface area (Å²) in [5, 5.41) is 25.6. The van der Waals surface area contributed by atoms with E-state index >= 15 is 0 Å². The van der Waals surface area contributed by atoms with Crippen LogP contribution in [0.25, 0.3) is 11.0 Å². The Morgan fingerprint density at radius 1 is 0.925 bits per heavy atom. The summed E-state index contributed by atoms with van der Waals surface area (Å²) in [5.41, 5.74) is 1.35. The lowest BCUT2D eigenvalue weighted by atomic mass is 9.44. The molecule has 9 nitrogen and oxygen atoms in total. The molecule has 2 amide bonds. The molecule has 3 N–H and O–H groups in total. The molecule has 9 heteroatoms. The maximum absolute atomic E-state index is 14.2. The fraction of sp³-hybridized carbons (Fsp3) is 0.614. The highest BCUT2D eigenvalue weighted by Crippen LogP contribution is 2.68. The van der Waals surface area contributed by atoms with Crippen molar-refractivity contribution in [2.75, 3.05) is 26.2 Å². The van der Waals surface area contributed by atoms with Crippen LogP contribution in [0.5, 0.6) is 0 Å². The number of amides is 2. The highest BCUT2D eigenvalue weighted by atomic mass is 16.3. The largest absolute Gasteiger partial charge is 0.451 e. The van der Waals surface area contributed by atoms with Crippen molar-refractivity contribution in [2.24, 2.45) is 40.4 Å². The first-order valence-electron chi connectivity index (χ1n) is 20.2. The number of fused-ring (bicyclic) bond motifs is 6. The van der Waals surface area contributed by atoms with Gasteiger partial charge in [0.25, 0.3) is 5.91 Å². The van der Waals surface area contributed by atoms with Gasteiger partial charge >= 0.3 is 0 Å². The predicted molar refractivity (Wildman–Crippen MR) is 204 cm³/mol. The molecule has 0 unspecified atom stereocenters. The maximum atomic E-state index is 14.2. The van der Waals surface area contributed by atoms with E-state index in [0.29, 0.717) is 73.2 Å². The number of aliphatic hydroxyl groups is 2. The molecule has 4 saturated carbocycles. The molecule has 5 fully saturated rings. The van der Waals surface area contributed by atoms with Crippen LogP contribution in [0.4, 0.5) is 0 Å². The second-order valence-corrected chi connectivity index (χ2v) is 17.7. The van der Waals surface area contributed by atoms with Crippen LogP contribution >= 0.6 is 0 Å². The number of nitrogens with one attached hydrogen (secondary N) is 1. The molecule has 1 saturated heterocycles. The number of carbonyl (C=O) groups excluding carboxylic acids is 2. The molecule has 2 heterocycles. The van der Waals surface area contributed by atoms with E-state index in [1.165, 1.54) is 38.2 Å². The minimum Gasteiger partial charge on any atom is -0.451 e. The lowest BCUT2D eigenvalue weighted by molar-refractivity contribution is -0.156. The van der Waals surface area contributed by atoms with E-state index in [4.69, 9.17) is 4.42 Å². The summed E-state index contributed by atoms with van der Waals surface area (Å²) in [6, 6.07) is 16.9. The Hall–Kier alpha value is -3.53. The Labute approximate surface area is 313 Å². The highest BCUT2D eigenvalue weighted by Gasteiger charge is 2.62. The van der Waals surface area contributed by atoms with E-state index in [9.17, 15) is 24.6 Å². The smallest absolute Gasteiger partial charge is 0.287 e. The van der Waals surface area contributed by atoms with Gasteiger partial charge in [-0.2, -0.15) is 0 Å². The summed E-state index contributed by atoms with van der Waals surface area (Å²) in [6.07, 6.45) is 8.74. The van der Waals surface area contributed by atoms with Crippen LogP contribution in [0.2, 0.25) is 0 Å². The van der Waals surface area contributed by atoms with E-state index in [1.54, 1.807) is 24.3 Å². The topological polar surface area (TPSA) is 123 Å². The summed E-state index contributed by atoms with van der Waals surface area (Å²) < 4.78 is 5.81. The van der Waals surface area contributed by atoms with Crippen molar-refractivity contribution < 1.29 is 24.2 Å². The minimum absolute atomic E-state index is 0.0602. The minimum atomic E-state index is -0.840. The molecular weight excluding hydrogens is 666 g/mol. The summed E-state index contributed by atoms with van der Waals surface area (Å²) in [4.78, 5) is 44.8. The zero-order chi connectivity index (χ0) is 37.1. The molecule has 3 aromatic rings. The van der Waals surface area contributed by atoms with Gasteiger partial charge in [-0.1, -0.05) is 56.3 Å². The summed E-state index contributed by atoms with van der Waals surface area (Å²) >= 11 is 0. The van der Waals surface area contributed by atoms with Crippen LogP contribution in [0.15, 0.2) is 69.9 Å². The van der Waals surface area contributed by atoms with Gasteiger partial charge in [-0.05, 0) is 116 Å². The predicted octanol–water partition coefficient (Wildman–Crippen LogP) is 5.66. The first-order chi connectivity index (χ1) is 25.5. The molecule has 0 radical (unpaired) electrons. The highest BCUT2D eigenvalue weighted by molar-refractivity contribution is 5.96. The normalized spacial score (nSPS) is 35.5. The van der Waals surface area contributed by atoms with E-state index in [1.807, 2.05) is 42.2 Å².